The molecular weight excluding hydrogens is 370 g/mol. The minimum atomic E-state index is 0.299. The van der Waals surface area contributed by atoms with E-state index < -0.39 is 0 Å². The average Bonchev–Trinajstić information content (AvgIpc) is 3.25. The summed E-state index contributed by atoms with van der Waals surface area (Å²) < 4.78 is 15.9. The third-order valence-corrected chi connectivity index (χ3v) is 4.92. The molecule has 1 fully saturated rings. The summed E-state index contributed by atoms with van der Waals surface area (Å²) in [5, 5.41) is 6.85. The standard InChI is InChI=1S/C21H29N5O3/c1-22-21(24-13-15-5-6-20(29-4)23-12-15)25-16-7-8-26(14-16)17-9-18(27-2)11-19(10-17)28-3/h5-6,9-12,16H,7-8,13-14H2,1-4H3,(H2,22,24,25). The van der Waals surface area contributed by atoms with Crippen molar-refractivity contribution in [2.45, 2.75) is 19.0 Å². The second-order valence-corrected chi connectivity index (χ2v) is 6.78. The monoisotopic (exact) mass is 399 g/mol. The fourth-order valence-corrected chi connectivity index (χ4v) is 3.30. The van der Waals surface area contributed by atoms with Gasteiger partial charge in [-0.1, -0.05) is 6.07 Å². The lowest BCUT2D eigenvalue weighted by atomic mass is 10.2. The Labute approximate surface area is 171 Å². The lowest BCUT2D eigenvalue weighted by molar-refractivity contribution is 0.394. The van der Waals surface area contributed by atoms with Gasteiger partial charge in [0.15, 0.2) is 5.96 Å². The number of aliphatic imine (C=N–C) groups is 1. The van der Waals surface area contributed by atoms with Crippen LogP contribution in [0.5, 0.6) is 17.4 Å². The summed E-state index contributed by atoms with van der Waals surface area (Å²) in [6.07, 6.45) is 2.82. The average molecular weight is 399 g/mol. The molecule has 2 aromatic rings. The molecule has 0 spiro atoms. The molecule has 29 heavy (non-hydrogen) atoms. The first-order valence-electron chi connectivity index (χ1n) is 9.59. The van der Waals surface area contributed by atoms with E-state index in [2.05, 4.69) is 25.5 Å². The zero-order valence-corrected chi connectivity index (χ0v) is 17.4. The van der Waals surface area contributed by atoms with E-state index in [0.29, 0.717) is 18.5 Å². The number of anilines is 1. The number of methoxy groups -OCH3 is 3. The molecule has 1 aliphatic heterocycles. The molecule has 0 radical (unpaired) electrons. The van der Waals surface area contributed by atoms with E-state index in [1.807, 2.05) is 30.3 Å². The first-order valence-corrected chi connectivity index (χ1v) is 9.59. The minimum Gasteiger partial charge on any atom is -0.497 e. The molecule has 0 bridgehead atoms. The van der Waals surface area contributed by atoms with Crippen LogP contribution in [0, 0.1) is 0 Å². The summed E-state index contributed by atoms with van der Waals surface area (Å²) in [6.45, 7) is 2.47. The molecule has 1 unspecified atom stereocenters. The Morgan fingerprint density at radius 2 is 1.90 bits per heavy atom. The van der Waals surface area contributed by atoms with E-state index in [1.54, 1.807) is 34.6 Å². The lowest BCUT2D eigenvalue weighted by Gasteiger charge is -2.21. The Hall–Kier alpha value is -3.16. The molecule has 1 aromatic heterocycles. The zero-order valence-electron chi connectivity index (χ0n) is 17.4. The van der Waals surface area contributed by atoms with Gasteiger partial charge in [0.1, 0.15) is 11.5 Å². The summed E-state index contributed by atoms with van der Waals surface area (Å²) >= 11 is 0. The van der Waals surface area contributed by atoms with Crippen LogP contribution >= 0.6 is 0 Å². The number of hydrogen-bond acceptors (Lipinski definition) is 6. The van der Waals surface area contributed by atoms with Gasteiger partial charge in [0.05, 0.1) is 21.3 Å². The van der Waals surface area contributed by atoms with Crippen molar-refractivity contribution in [1.82, 2.24) is 15.6 Å². The maximum absolute atomic E-state index is 5.39. The van der Waals surface area contributed by atoms with Crippen LogP contribution in [-0.4, -0.2) is 58.5 Å². The van der Waals surface area contributed by atoms with Gasteiger partial charge in [-0.3, -0.25) is 4.99 Å². The minimum absolute atomic E-state index is 0.299. The first-order chi connectivity index (χ1) is 14.1. The van der Waals surface area contributed by atoms with Crippen molar-refractivity contribution in [3.8, 4) is 17.4 Å². The number of rotatable bonds is 7. The number of aromatic nitrogens is 1. The lowest BCUT2D eigenvalue weighted by Crippen LogP contribution is -2.44. The van der Waals surface area contributed by atoms with Crippen LogP contribution in [0.4, 0.5) is 5.69 Å². The fourth-order valence-electron chi connectivity index (χ4n) is 3.30. The number of ether oxygens (including phenoxy) is 3. The quantitative estimate of drug-likeness (QED) is 0.545. The number of hydrogen-bond donors (Lipinski definition) is 2. The highest BCUT2D eigenvalue weighted by atomic mass is 16.5. The van der Waals surface area contributed by atoms with Gasteiger partial charge in [0.2, 0.25) is 5.88 Å². The van der Waals surface area contributed by atoms with E-state index in [-0.39, 0.29) is 0 Å². The molecule has 1 aliphatic rings. The van der Waals surface area contributed by atoms with Gasteiger partial charge >= 0.3 is 0 Å². The molecular formula is C21H29N5O3. The van der Waals surface area contributed by atoms with Gasteiger partial charge in [0.25, 0.3) is 0 Å². The predicted octanol–water partition coefficient (Wildman–Crippen LogP) is 2.05. The normalized spacial score (nSPS) is 16.5. The summed E-state index contributed by atoms with van der Waals surface area (Å²) in [6, 6.07) is 10.1. The number of nitrogens with zero attached hydrogens (tertiary/aromatic N) is 3. The Balaban J connectivity index is 1.55. The predicted molar refractivity (Wildman–Crippen MR) is 114 cm³/mol. The Bertz CT molecular complexity index is 803. The van der Waals surface area contributed by atoms with Crippen LogP contribution in [0.1, 0.15) is 12.0 Å². The maximum atomic E-state index is 5.39. The van der Waals surface area contributed by atoms with Crippen molar-refractivity contribution < 1.29 is 14.2 Å². The van der Waals surface area contributed by atoms with E-state index >= 15 is 0 Å². The highest BCUT2D eigenvalue weighted by Gasteiger charge is 2.24. The fraction of sp³-hybridized carbons (Fsp3) is 0.429. The number of guanidine groups is 1. The van der Waals surface area contributed by atoms with Crippen molar-refractivity contribution in [3.63, 3.8) is 0 Å². The highest BCUT2D eigenvalue weighted by molar-refractivity contribution is 5.80. The molecule has 1 atom stereocenters. The first kappa shape index (κ1) is 20.6. The van der Waals surface area contributed by atoms with Crippen LogP contribution in [-0.2, 0) is 6.54 Å². The summed E-state index contributed by atoms with van der Waals surface area (Å²) in [5.41, 5.74) is 2.16. The van der Waals surface area contributed by atoms with Crippen LogP contribution in [0.3, 0.4) is 0 Å². The Morgan fingerprint density at radius 1 is 1.14 bits per heavy atom. The molecule has 0 saturated carbocycles. The van der Waals surface area contributed by atoms with Gasteiger partial charge in [-0.2, -0.15) is 0 Å². The summed E-state index contributed by atoms with van der Waals surface area (Å²) in [7, 11) is 6.72. The number of benzene rings is 1. The number of nitrogens with one attached hydrogen (secondary N) is 2. The van der Waals surface area contributed by atoms with Gasteiger partial charge < -0.3 is 29.7 Å². The van der Waals surface area contributed by atoms with Crippen LogP contribution in [0.15, 0.2) is 41.5 Å². The Kier molecular flexibility index (Phi) is 6.99. The van der Waals surface area contributed by atoms with E-state index in [9.17, 15) is 0 Å². The van der Waals surface area contributed by atoms with Crippen LogP contribution < -0.4 is 29.7 Å². The molecule has 2 N–H and O–H groups in total. The van der Waals surface area contributed by atoms with E-state index in [1.165, 1.54) is 0 Å². The van der Waals surface area contributed by atoms with Crippen LogP contribution in [0.2, 0.25) is 0 Å². The third-order valence-electron chi connectivity index (χ3n) is 4.92. The number of pyridine rings is 1. The van der Waals surface area contributed by atoms with Gasteiger partial charge in [0, 0.05) is 68.9 Å². The second-order valence-electron chi connectivity index (χ2n) is 6.78. The maximum Gasteiger partial charge on any atom is 0.212 e. The molecule has 1 aromatic carbocycles. The molecule has 8 heteroatoms. The van der Waals surface area contributed by atoms with Crippen molar-refractivity contribution in [2.24, 2.45) is 4.99 Å². The van der Waals surface area contributed by atoms with E-state index in [0.717, 1.165) is 48.2 Å². The van der Waals surface area contributed by atoms with Gasteiger partial charge in [-0.15, -0.1) is 0 Å². The van der Waals surface area contributed by atoms with E-state index in [4.69, 9.17) is 14.2 Å². The second kappa shape index (κ2) is 9.86. The highest BCUT2D eigenvalue weighted by Crippen LogP contribution is 2.30. The van der Waals surface area contributed by atoms with Gasteiger partial charge in [-0.25, -0.2) is 4.98 Å². The smallest absolute Gasteiger partial charge is 0.212 e. The van der Waals surface area contributed by atoms with Gasteiger partial charge in [-0.05, 0) is 12.0 Å². The van der Waals surface area contributed by atoms with Crippen molar-refractivity contribution in [2.75, 3.05) is 46.4 Å². The summed E-state index contributed by atoms with van der Waals surface area (Å²) in [5.74, 6) is 2.97. The molecule has 156 valence electrons. The SMILES string of the molecule is CN=C(NCc1ccc(OC)nc1)NC1CCN(c2cc(OC)cc(OC)c2)C1. The molecule has 3 rings (SSSR count). The molecule has 0 amide bonds. The Morgan fingerprint density at radius 3 is 2.48 bits per heavy atom. The van der Waals surface area contributed by atoms with Crippen LogP contribution in [0.25, 0.3) is 0 Å². The van der Waals surface area contributed by atoms with Crippen molar-refractivity contribution in [3.05, 3.63) is 42.1 Å². The zero-order chi connectivity index (χ0) is 20.6. The van der Waals surface area contributed by atoms with Crippen molar-refractivity contribution >= 4 is 11.6 Å². The molecule has 2 heterocycles. The molecule has 0 aliphatic carbocycles. The topological polar surface area (TPSA) is 80.2 Å². The van der Waals surface area contributed by atoms with Crippen molar-refractivity contribution in [1.29, 1.82) is 0 Å². The molecule has 1 saturated heterocycles. The largest absolute Gasteiger partial charge is 0.497 e. The third kappa shape index (κ3) is 5.43. The summed E-state index contributed by atoms with van der Waals surface area (Å²) in [4.78, 5) is 10.9. The molecule has 8 nitrogen and oxygen atoms in total.